The van der Waals surface area contributed by atoms with Gasteiger partial charge in [0.1, 0.15) is 0 Å². The van der Waals surface area contributed by atoms with Crippen LogP contribution in [0.5, 0.6) is 0 Å². The zero-order valence-electron chi connectivity index (χ0n) is 12.6. The molecule has 0 bridgehead atoms. The van der Waals surface area contributed by atoms with Crippen molar-refractivity contribution in [2.75, 3.05) is 13.1 Å². The Kier molecular flexibility index (Phi) is 4.48. The maximum atomic E-state index is 12.2. The summed E-state index contributed by atoms with van der Waals surface area (Å²) in [5.74, 6) is 0.748. The van der Waals surface area contributed by atoms with Crippen molar-refractivity contribution in [1.82, 2.24) is 10.2 Å². The number of β-amino-alcohol motifs (C(OH)–C–C–N with tert-alkyl or cyclic N) is 1. The topological polar surface area (TPSA) is 69.6 Å². The van der Waals surface area contributed by atoms with E-state index in [1.807, 2.05) is 0 Å². The molecule has 2 aliphatic carbocycles. The molecule has 3 aliphatic rings. The van der Waals surface area contributed by atoms with Crippen molar-refractivity contribution in [1.29, 1.82) is 0 Å². The molecule has 2 N–H and O–H groups in total. The Bertz CT molecular complexity index is 392. The van der Waals surface area contributed by atoms with Crippen LogP contribution in [0.3, 0.4) is 0 Å². The van der Waals surface area contributed by atoms with E-state index in [1.165, 1.54) is 12.8 Å². The Balaban J connectivity index is 1.40. The van der Waals surface area contributed by atoms with Crippen molar-refractivity contribution in [3.8, 4) is 0 Å². The quantitative estimate of drug-likeness (QED) is 0.817. The second-order valence-electron chi connectivity index (χ2n) is 6.94. The molecule has 1 aliphatic heterocycles. The van der Waals surface area contributed by atoms with Crippen LogP contribution in [-0.2, 0) is 9.59 Å². The van der Waals surface area contributed by atoms with Gasteiger partial charge in [-0.05, 0) is 38.5 Å². The fourth-order valence-electron chi connectivity index (χ4n) is 3.89. The van der Waals surface area contributed by atoms with Gasteiger partial charge < -0.3 is 15.3 Å². The van der Waals surface area contributed by atoms with Crippen LogP contribution >= 0.6 is 0 Å². The molecular weight excluding hydrogens is 268 g/mol. The molecule has 1 saturated heterocycles. The summed E-state index contributed by atoms with van der Waals surface area (Å²) in [4.78, 5) is 26.1. The fraction of sp³-hybridized carbons (Fsp3) is 0.875. The van der Waals surface area contributed by atoms with E-state index in [-0.39, 0.29) is 35.8 Å². The number of aliphatic hydroxyl groups excluding tert-OH is 1. The number of nitrogens with zero attached hydrogens (tertiary/aromatic N) is 1. The number of carbonyl (C=O) groups is 2. The largest absolute Gasteiger partial charge is 0.389 e. The molecule has 3 fully saturated rings. The molecule has 5 nitrogen and oxygen atoms in total. The van der Waals surface area contributed by atoms with Crippen molar-refractivity contribution < 1.29 is 14.7 Å². The Morgan fingerprint density at radius 3 is 2.10 bits per heavy atom. The first-order valence-corrected chi connectivity index (χ1v) is 8.40. The lowest BCUT2D eigenvalue weighted by Crippen LogP contribution is -2.55. The highest BCUT2D eigenvalue weighted by atomic mass is 16.3. The maximum absolute atomic E-state index is 12.2. The zero-order chi connectivity index (χ0) is 14.8. The molecule has 0 aromatic heterocycles. The van der Waals surface area contributed by atoms with E-state index in [4.69, 9.17) is 0 Å². The summed E-state index contributed by atoms with van der Waals surface area (Å²) in [7, 11) is 0. The zero-order valence-corrected chi connectivity index (χ0v) is 12.6. The Hall–Kier alpha value is -1.10. The van der Waals surface area contributed by atoms with Gasteiger partial charge in [-0.3, -0.25) is 9.59 Å². The lowest BCUT2D eigenvalue weighted by molar-refractivity contribution is -0.146. The SMILES string of the molecule is O=C(NC1CCC(C(=O)N2CC(O)C2)CC1)C1CCCC1. The van der Waals surface area contributed by atoms with Crippen molar-refractivity contribution in [2.45, 2.75) is 63.5 Å². The summed E-state index contributed by atoms with van der Waals surface area (Å²) in [6.07, 6.45) is 7.66. The minimum Gasteiger partial charge on any atom is -0.389 e. The third-order valence-electron chi connectivity index (χ3n) is 5.32. The standard InChI is InChI=1S/C16H26N2O3/c19-14-9-18(10-14)16(21)12-5-7-13(8-6-12)17-15(20)11-3-1-2-4-11/h11-14,19H,1-10H2,(H,17,20). The Morgan fingerprint density at radius 1 is 0.905 bits per heavy atom. The molecule has 21 heavy (non-hydrogen) atoms. The molecule has 0 atom stereocenters. The number of amides is 2. The lowest BCUT2D eigenvalue weighted by Gasteiger charge is -2.39. The monoisotopic (exact) mass is 294 g/mol. The van der Waals surface area contributed by atoms with Gasteiger partial charge in [0, 0.05) is 31.0 Å². The van der Waals surface area contributed by atoms with Crippen LogP contribution in [0.15, 0.2) is 0 Å². The molecule has 2 saturated carbocycles. The summed E-state index contributed by atoms with van der Waals surface area (Å²) in [6, 6.07) is 0.254. The van der Waals surface area contributed by atoms with E-state index in [9.17, 15) is 14.7 Å². The molecular formula is C16H26N2O3. The Labute approximate surface area is 126 Å². The minimum absolute atomic E-state index is 0.0946. The van der Waals surface area contributed by atoms with Crippen molar-refractivity contribution in [3.05, 3.63) is 0 Å². The highest BCUT2D eigenvalue weighted by molar-refractivity contribution is 5.80. The number of hydrogen-bond acceptors (Lipinski definition) is 3. The Morgan fingerprint density at radius 2 is 1.52 bits per heavy atom. The average molecular weight is 294 g/mol. The van der Waals surface area contributed by atoms with Crippen LogP contribution in [0.4, 0.5) is 0 Å². The normalized spacial score (nSPS) is 31.0. The molecule has 3 rings (SSSR count). The number of carbonyl (C=O) groups excluding carboxylic acids is 2. The molecule has 0 aromatic rings. The summed E-state index contributed by atoms with van der Waals surface area (Å²) in [6.45, 7) is 0.994. The third-order valence-corrected chi connectivity index (χ3v) is 5.32. The van der Waals surface area contributed by atoms with Gasteiger partial charge in [0.2, 0.25) is 11.8 Å². The highest BCUT2D eigenvalue weighted by Gasteiger charge is 2.35. The van der Waals surface area contributed by atoms with Crippen LogP contribution in [0.2, 0.25) is 0 Å². The first-order valence-electron chi connectivity index (χ1n) is 8.40. The highest BCUT2D eigenvalue weighted by Crippen LogP contribution is 2.29. The molecule has 5 heteroatoms. The van der Waals surface area contributed by atoms with Crippen LogP contribution in [0.25, 0.3) is 0 Å². The minimum atomic E-state index is -0.323. The van der Waals surface area contributed by atoms with E-state index in [1.54, 1.807) is 4.90 Å². The van der Waals surface area contributed by atoms with Gasteiger partial charge in [0.05, 0.1) is 6.10 Å². The predicted molar refractivity (Wildman–Crippen MR) is 78.4 cm³/mol. The van der Waals surface area contributed by atoms with Gasteiger partial charge in [-0.15, -0.1) is 0 Å². The second-order valence-corrected chi connectivity index (χ2v) is 6.94. The first-order chi connectivity index (χ1) is 10.1. The van der Waals surface area contributed by atoms with Gasteiger partial charge in [-0.2, -0.15) is 0 Å². The smallest absolute Gasteiger partial charge is 0.225 e. The fourth-order valence-corrected chi connectivity index (χ4v) is 3.89. The second kappa shape index (κ2) is 6.34. The van der Waals surface area contributed by atoms with Gasteiger partial charge in [0.25, 0.3) is 0 Å². The lowest BCUT2D eigenvalue weighted by atomic mass is 9.84. The van der Waals surface area contributed by atoms with Crippen LogP contribution < -0.4 is 5.32 Å². The molecule has 0 aromatic carbocycles. The maximum Gasteiger partial charge on any atom is 0.225 e. The molecule has 0 radical (unpaired) electrons. The first kappa shape index (κ1) is 14.8. The van der Waals surface area contributed by atoms with Crippen molar-refractivity contribution in [2.24, 2.45) is 11.8 Å². The number of likely N-dealkylation sites (tertiary alicyclic amines) is 1. The molecule has 118 valence electrons. The number of hydrogen-bond donors (Lipinski definition) is 2. The average Bonchev–Trinajstić information content (AvgIpc) is 2.98. The summed E-state index contributed by atoms with van der Waals surface area (Å²) < 4.78 is 0. The number of rotatable bonds is 3. The third kappa shape index (κ3) is 3.39. The van der Waals surface area contributed by atoms with Gasteiger partial charge in [-0.25, -0.2) is 0 Å². The van der Waals surface area contributed by atoms with Gasteiger partial charge in [-0.1, -0.05) is 12.8 Å². The van der Waals surface area contributed by atoms with Crippen LogP contribution in [0.1, 0.15) is 51.4 Å². The van der Waals surface area contributed by atoms with Gasteiger partial charge >= 0.3 is 0 Å². The van der Waals surface area contributed by atoms with E-state index in [0.29, 0.717) is 13.1 Å². The van der Waals surface area contributed by atoms with E-state index in [2.05, 4.69) is 5.32 Å². The van der Waals surface area contributed by atoms with Crippen LogP contribution in [-0.4, -0.2) is 47.1 Å². The number of nitrogens with one attached hydrogen (secondary N) is 1. The van der Waals surface area contributed by atoms with Crippen molar-refractivity contribution in [3.63, 3.8) is 0 Å². The molecule has 2 amide bonds. The molecule has 1 heterocycles. The summed E-state index contributed by atoms with van der Waals surface area (Å²) in [5, 5.41) is 12.4. The van der Waals surface area contributed by atoms with E-state index in [0.717, 1.165) is 38.5 Å². The molecule has 0 spiro atoms. The number of aliphatic hydroxyl groups is 1. The molecule has 0 unspecified atom stereocenters. The van der Waals surface area contributed by atoms with E-state index >= 15 is 0 Å². The summed E-state index contributed by atoms with van der Waals surface area (Å²) >= 11 is 0. The van der Waals surface area contributed by atoms with E-state index < -0.39 is 0 Å². The summed E-state index contributed by atoms with van der Waals surface area (Å²) in [5.41, 5.74) is 0. The predicted octanol–water partition coefficient (Wildman–Crippen LogP) is 1.05. The van der Waals surface area contributed by atoms with Gasteiger partial charge in [0.15, 0.2) is 0 Å². The van der Waals surface area contributed by atoms with Crippen LogP contribution in [0, 0.1) is 11.8 Å². The van der Waals surface area contributed by atoms with Crippen molar-refractivity contribution >= 4 is 11.8 Å².